The Kier molecular flexibility index (Phi) is 6.89. The third-order valence-electron chi connectivity index (χ3n) is 4.84. The van der Waals surface area contributed by atoms with Crippen LogP contribution in [0.25, 0.3) is 22.5 Å². The molecule has 0 aliphatic heterocycles. The maximum atomic E-state index is 5.30. The fraction of sp³-hybridized carbons (Fsp3) is 0.304. The van der Waals surface area contributed by atoms with Crippen molar-refractivity contribution in [3.8, 4) is 11.6 Å². The minimum atomic E-state index is 0.439. The van der Waals surface area contributed by atoms with Crippen LogP contribution in [0.4, 0.5) is 0 Å². The van der Waals surface area contributed by atoms with E-state index in [1.807, 2.05) is 18.2 Å². The number of benzene rings is 1. The van der Waals surface area contributed by atoms with E-state index < -0.39 is 0 Å². The van der Waals surface area contributed by atoms with Crippen molar-refractivity contribution in [3.63, 3.8) is 0 Å². The van der Waals surface area contributed by atoms with Crippen molar-refractivity contribution in [2.45, 2.75) is 26.3 Å². The first-order valence-electron chi connectivity index (χ1n) is 10.6. The molecule has 0 spiro atoms. The largest absolute Gasteiger partial charge is 0.357 e. The summed E-state index contributed by atoms with van der Waals surface area (Å²) in [5.74, 6) is 1.88. The second kappa shape index (κ2) is 10.4. The zero-order valence-electron chi connectivity index (χ0n) is 17.7. The number of para-hydroxylation sites is 1. The van der Waals surface area contributed by atoms with Gasteiger partial charge in [-0.05, 0) is 43.0 Å². The first kappa shape index (κ1) is 20.6. The highest BCUT2D eigenvalue weighted by Crippen LogP contribution is 2.15. The molecule has 0 aliphatic carbocycles. The van der Waals surface area contributed by atoms with Gasteiger partial charge in [0.25, 0.3) is 5.89 Å². The van der Waals surface area contributed by atoms with Crippen LogP contribution in [0.5, 0.6) is 0 Å². The van der Waals surface area contributed by atoms with E-state index in [-0.39, 0.29) is 0 Å². The lowest BCUT2D eigenvalue weighted by molar-refractivity contribution is 0.421. The Morgan fingerprint density at radius 1 is 1.10 bits per heavy atom. The first-order valence-corrected chi connectivity index (χ1v) is 10.6. The van der Waals surface area contributed by atoms with Gasteiger partial charge < -0.3 is 19.7 Å². The third-order valence-corrected chi connectivity index (χ3v) is 4.84. The number of fused-ring (bicyclic) bond motifs is 1. The van der Waals surface area contributed by atoms with Gasteiger partial charge in [0.1, 0.15) is 5.69 Å². The summed E-state index contributed by atoms with van der Waals surface area (Å²) in [6.07, 6.45) is 5.45. The minimum Gasteiger partial charge on any atom is -0.357 e. The molecule has 0 atom stereocenters. The number of nitrogens with one attached hydrogen (secondary N) is 2. The summed E-state index contributed by atoms with van der Waals surface area (Å²) in [6, 6.07) is 16.2. The molecule has 0 fully saturated rings. The Balaban J connectivity index is 1.25. The molecule has 31 heavy (non-hydrogen) atoms. The molecule has 2 N–H and O–H groups in total. The average molecular weight is 418 g/mol. The normalized spacial score (nSPS) is 11.7. The molecule has 0 amide bonds. The van der Waals surface area contributed by atoms with Crippen LogP contribution in [0, 0.1) is 0 Å². The van der Waals surface area contributed by atoms with Gasteiger partial charge in [-0.3, -0.25) is 9.98 Å². The zero-order valence-corrected chi connectivity index (χ0v) is 17.7. The predicted molar refractivity (Wildman–Crippen MR) is 122 cm³/mol. The van der Waals surface area contributed by atoms with E-state index in [0.29, 0.717) is 30.4 Å². The molecule has 0 radical (unpaired) electrons. The van der Waals surface area contributed by atoms with Crippen LogP contribution in [0.15, 0.2) is 70.4 Å². The molecular weight excluding hydrogens is 390 g/mol. The maximum absolute atomic E-state index is 5.30. The van der Waals surface area contributed by atoms with Crippen LogP contribution < -0.4 is 10.6 Å². The van der Waals surface area contributed by atoms with Crippen LogP contribution in [0.3, 0.4) is 0 Å². The average Bonchev–Trinajstić information content (AvgIpc) is 3.45. The molecule has 3 aromatic heterocycles. The van der Waals surface area contributed by atoms with Crippen molar-refractivity contribution in [1.82, 2.24) is 30.3 Å². The number of hydrogen-bond donors (Lipinski definition) is 2. The number of aromatic nitrogens is 4. The van der Waals surface area contributed by atoms with Crippen molar-refractivity contribution in [2.24, 2.45) is 4.99 Å². The van der Waals surface area contributed by atoms with Crippen LogP contribution in [-0.2, 0) is 13.0 Å². The first-order chi connectivity index (χ1) is 15.3. The molecule has 0 saturated carbocycles. The molecule has 4 rings (SSSR count). The third kappa shape index (κ3) is 5.48. The van der Waals surface area contributed by atoms with E-state index in [1.54, 1.807) is 6.20 Å². The Bertz CT molecular complexity index is 1120. The number of guanidine groups is 1. The molecule has 0 saturated heterocycles. The Hall–Kier alpha value is -3.68. The summed E-state index contributed by atoms with van der Waals surface area (Å²) in [6.45, 7) is 5.21. The topological polar surface area (TPSA) is 93.2 Å². The van der Waals surface area contributed by atoms with Gasteiger partial charge in [0.15, 0.2) is 11.8 Å². The van der Waals surface area contributed by atoms with E-state index in [0.717, 1.165) is 32.0 Å². The lowest BCUT2D eigenvalue weighted by Crippen LogP contribution is -2.38. The van der Waals surface area contributed by atoms with E-state index in [4.69, 9.17) is 4.52 Å². The molecular formula is C23H27N7O. The predicted octanol–water partition coefficient (Wildman–Crippen LogP) is 3.27. The number of aryl methyl sites for hydroxylation is 1. The number of pyridine rings is 1. The van der Waals surface area contributed by atoms with Crippen LogP contribution in [0.2, 0.25) is 0 Å². The van der Waals surface area contributed by atoms with Gasteiger partial charge in [-0.25, -0.2) is 0 Å². The van der Waals surface area contributed by atoms with E-state index >= 15 is 0 Å². The molecule has 0 aliphatic rings. The molecule has 4 aromatic rings. The minimum absolute atomic E-state index is 0.439. The summed E-state index contributed by atoms with van der Waals surface area (Å²) >= 11 is 0. The Morgan fingerprint density at radius 2 is 2.00 bits per heavy atom. The van der Waals surface area contributed by atoms with Crippen molar-refractivity contribution < 1.29 is 4.52 Å². The van der Waals surface area contributed by atoms with Gasteiger partial charge in [0.2, 0.25) is 0 Å². The summed E-state index contributed by atoms with van der Waals surface area (Å²) in [4.78, 5) is 13.3. The van der Waals surface area contributed by atoms with Crippen molar-refractivity contribution in [1.29, 1.82) is 0 Å². The summed E-state index contributed by atoms with van der Waals surface area (Å²) < 4.78 is 7.58. The molecule has 1 aromatic carbocycles. The monoisotopic (exact) mass is 417 g/mol. The van der Waals surface area contributed by atoms with Crippen LogP contribution >= 0.6 is 0 Å². The van der Waals surface area contributed by atoms with Crippen LogP contribution in [0.1, 0.15) is 19.2 Å². The second-order valence-corrected chi connectivity index (χ2v) is 7.09. The van der Waals surface area contributed by atoms with Gasteiger partial charge in [0, 0.05) is 50.5 Å². The standard InChI is InChI=1S/C23H27N7O/c1-2-24-23(26-14-7-16-30-17-12-18-8-3-4-10-20(18)30)27-15-11-21-28-22(31-29-21)19-9-5-6-13-25-19/h3-6,8-10,12-13,17H,2,7,11,14-16H2,1H3,(H2,24,26,27). The maximum Gasteiger partial charge on any atom is 0.276 e. The molecule has 0 unspecified atom stereocenters. The van der Waals surface area contributed by atoms with Crippen molar-refractivity contribution >= 4 is 16.9 Å². The molecule has 8 nitrogen and oxygen atoms in total. The molecule has 0 bridgehead atoms. The SMILES string of the molecule is CCNC(=NCCCn1ccc2ccccc21)NCCc1noc(-c2ccccn2)n1. The van der Waals surface area contributed by atoms with Gasteiger partial charge >= 0.3 is 0 Å². The van der Waals surface area contributed by atoms with E-state index in [9.17, 15) is 0 Å². The quantitative estimate of drug-likeness (QED) is 0.247. The molecule has 160 valence electrons. The molecule has 3 heterocycles. The van der Waals surface area contributed by atoms with Gasteiger partial charge in [0.05, 0.1) is 0 Å². The lowest BCUT2D eigenvalue weighted by atomic mass is 10.2. The second-order valence-electron chi connectivity index (χ2n) is 7.09. The van der Waals surface area contributed by atoms with Gasteiger partial charge in [-0.2, -0.15) is 4.98 Å². The number of rotatable bonds is 9. The molecule has 8 heteroatoms. The number of nitrogens with zero attached hydrogens (tertiary/aromatic N) is 5. The highest BCUT2D eigenvalue weighted by Gasteiger charge is 2.09. The number of hydrogen-bond acceptors (Lipinski definition) is 5. The van der Waals surface area contributed by atoms with Crippen molar-refractivity contribution in [3.05, 3.63) is 66.7 Å². The van der Waals surface area contributed by atoms with Crippen molar-refractivity contribution in [2.75, 3.05) is 19.6 Å². The fourth-order valence-corrected chi connectivity index (χ4v) is 3.35. The fourth-order valence-electron chi connectivity index (χ4n) is 3.35. The van der Waals surface area contributed by atoms with Gasteiger partial charge in [-0.15, -0.1) is 0 Å². The van der Waals surface area contributed by atoms with Gasteiger partial charge in [-0.1, -0.05) is 29.4 Å². The summed E-state index contributed by atoms with van der Waals surface area (Å²) in [7, 11) is 0. The van der Waals surface area contributed by atoms with E-state index in [1.165, 1.54) is 10.9 Å². The van der Waals surface area contributed by atoms with E-state index in [2.05, 4.69) is 78.8 Å². The number of aliphatic imine (C=N–C) groups is 1. The summed E-state index contributed by atoms with van der Waals surface area (Å²) in [5, 5.41) is 11.9. The van der Waals surface area contributed by atoms with Crippen LogP contribution in [-0.4, -0.2) is 45.3 Å². The summed E-state index contributed by atoms with van der Waals surface area (Å²) in [5.41, 5.74) is 1.95. The Labute approximate surface area is 181 Å². The highest BCUT2D eigenvalue weighted by atomic mass is 16.5. The smallest absolute Gasteiger partial charge is 0.276 e. The Morgan fingerprint density at radius 3 is 2.87 bits per heavy atom. The highest BCUT2D eigenvalue weighted by molar-refractivity contribution is 5.80. The zero-order chi connectivity index (χ0) is 21.3. The lowest BCUT2D eigenvalue weighted by Gasteiger charge is -2.10.